The molecule has 2 aromatic rings. The minimum atomic E-state index is -3.89. The molecule has 0 heterocycles. The van der Waals surface area contributed by atoms with Crippen LogP contribution < -0.4 is 9.46 Å². The predicted octanol–water partition coefficient (Wildman–Crippen LogP) is 2.05. The molecule has 146 valence electrons. The highest BCUT2D eigenvalue weighted by Crippen LogP contribution is 2.28. The average Bonchev–Trinajstić information content (AvgIpc) is 2.65. The highest BCUT2D eigenvalue weighted by Gasteiger charge is 2.24. The normalized spacial score (nSPS) is 12.7. The zero-order valence-electron chi connectivity index (χ0n) is 15.5. The van der Waals surface area contributed by atoms with E-state index in [-0.39, 0.29) is 28.9 Å². The second kappa shape index (κ2) is 8.94. The van der Waals surface area contributed by atoms with E-state index in [9.17, 15) is 18.5 Å². The molecule has 0 saturated carbocycles. The number of methoxy groups -OCH3 is 1. The Labute approximate surface area is 159 Å². The first-order valence-electron chi connectivity index (χ1n) is 8.27. The second-order valence-electron chi connectivity index (χ2n) is 6.25. The third-order valence-electron chi connectivity index (χ3n) is 4.20. The van der Waals surface area contributed by atoms with E-state index < -0.39 is 14.9 Å². The van der Waals surface area contributed by atoms with Crippen LogP contribution in [-0.2, 0) is 16.4 Å². The lowest BCUT2D eigenvalue weighted by Crippen LogP contribution is -2.41. The van der Waals surface area contributed by atoms with Crippen LogP contribution in [0.25, 0.3) is 0 Å². The maximum Gasteiger partial charge on any atom is 0.273 e. The highest BCUT2D eigenvalue weighted by molar-refractivity contribution is 7.89. The Morgan fingerprint density at radius 2 is 1.85 bits per heavy atom. The summed E-state index contributed by atoms with van der Waals surface area (Å²) in [6.07, 6.45) is 0.674. The molecular weight excluding hydrogens is 370 g/mol. The first-order valence-corrected chi connectivity index (χ1v) is 9.75. The van der Waals surface area contributed by atoms with Crippen LogP contribution in [0.15, 0.2) is 53.4 Å². The van der Waals surface area contributed by atoms with Crippen molar-refractivity contribution in [1.82, 2.24) is 9.62 Å². The van der Waals surface area contributed by atoms with Gasteiger partial charge in [-0.1, -0.05) is 30.3 Å². The largest absolute Gasteiger partial charge is 0.495 e. The van der Waals surface area contributed by atoms with Gasteiger partial charge in [0.25, 0.3) is 5.69 Å². The van der Waals surface area contributed by atoms with E-state index in [0.29, 0.717) is 6.42 Å². The van der Waals surface area contributed by atoms with Crippen molar-refractivity contribution in [2.75, 3.05) is 27.7 Å². The summed E-state index contributed by atoms with van der Waals surface area (Å²) >= 11 is 0. The van der Waals surface area contributed by atoms with Crippen molar-refractivity contribution in [1.29, 1.82) is 0 Å². The number of nitro groups is 1. The Morgan fingerprint density at radius 1 is 1.19 bits per heavy atom. The van der Waals surface area contributed by atoms with Gasteiger partial charge in [0.2, 0.25) is 10.0 Å². The lowest BCUT2D eigenvalue weighted by atomic mass is 10.1. The fourth-order valence-corrected chi connectivity index (χ4v) is 3.82. The minimum Gasteiger partial charge on any atom is -0.495 e. The molecule has 0 bridgehead atoms. The summed E-state index contributed by atoms with van der Waals surface area (Å²) in [4.78, 5) is 12.1. The van der Waals surface area contributed by atoms with Crippen molar-refractivity contribution in [3.63, 3.8) is 0 Å². The fraction of sp³-hybridized carbons (Fsp3) is 0.333. The topological polar surface area (TPSA) is 102 Å². The van der Waals surface area contributed by atoms with Crippen LogP contribution in [0.4, 0.5) is 5.69 Å². The van der Waals surface area contributed by atoms with E-state index in [1.54, 1.807) is 0 Å². The van der Waals surface area contributed by atoms with Crippen LogP contribution in [0.3, 0.4) is 0 Å². The quantitative estimate of drug-likeness (QED) is 0.517. The number of nitrogens with zero attached hydrogens (tertiary/aromatic N) is 2. The van der Waals surface area contributed by atoms with Crippen molar-refractivity contribution >= 4 is 15.7 Å². The second-order valence-corrected chi connectivity index (χ2v) is 7.99. The Balaban J connectivity index is 2.18. The van der Waals surface area contributed by atoms with E-state index in [4.69, 9.17) is 4.74 Å². The number of nitro benzene ring substituents is 1. The molecule has 27 heavy (non-hydrogen) atoms. The van der Waals surface area contributed by atoms with Gasteiger partial charge in [0.15, 0.2) is 0 Å². The lowest BCUT2D eigenvalue weighted by Gasteiger charge is -2.25. The van der Waals surface area contributed by atoms with Crippen molar-refractivity contribution in [3.05, 3.63) is 64.2 Å². The number of non-ortho nitro benzene ring substituents is 1. The van der Waals surface area contributed by atoms with Crippen molar-refractivity contribution in [2.45, 2.75) is 17.4 Å². The van der Waals surface area contributed by atoms with Crippen LogP contribution in [0.1, 0.15) is 5.56 Å². The molecule has 8 nitrogen and oxygen atoms in total. The maximum absolute atomic E-state index is 12.7. The summed E-state index contributed by atoms with van der Waals surface area (Å²) in [5.41, 5.74) is 0.865. The van der Waals surface area contributed by atoms with E-state index >= 15 is 0 Å². The Morgan fingerprint density at radius 3 is 2.41 bits per heavy atom. The lowest BCUT2D eigenvalue weighted by molar-refractivity contribution is -0.385. The molecule has 0 aromatic heterocycles. The van der Waals surface area contributed by atoms with Gasteiger partial charge in [-0.25, -0.2) is 13.1 Å². The Kier molecular flexibility index (Phi) is 6.89. The van der Waals surface area contributed by atoms with Gasteiger partial charge in [-0.15, -0.1) is 0 Å². The molecule has 0 aliphatic carbocycles. The monoisotopic (exact) mass is 393 g/mol. The minimum absolute atomic E-state index is 0.0637. The molecule has 9 heteroatoms. The van der Waals surface area contributed by atoms with Gasteiger partial charge in [-0.3, -0.25) is 10.1 Å². The molecule has 1 unspecified atom stereocenters. The number of likely N-dealkylation sites (N-methyl/N-ethyl adjacent to an activating group) is 1. The molecular formula is C18H23N3O5S. The summed E-state index contributed by atoms with van der Waals surface area (Å²) in [7, 11) is 1.15. The van der Waals surface area contributed by atoms with Crippen LogP contribution in [0.2, 0.25) is 0 Å². The fourth-order valence-electron chi connectivity index (χ4n) is 2.60. The van der Waals surface area contributed by atoms with E-state index in [0.717, 1.165) is 17.7 Å². The number of nitrogens with one attached hydrogen (secondary N) is 1. The molecule has 0 radical (unpaired) electrons. The molecule has 0 saturated heterocycles. The molecule has 0 amide bonds. The maximum atomic E-state index is 12.7. The van der Waals surface area contributed by atoms with Gasteiger partial charge in [-0.05, 0) is 32.1 Å². The van der Waals surface area contributed by atoms with Gasteiger partial charge >= 0.3 is 0 Å². The van der Waals surface area contributed by atoms with Crippen LogP contribution in [-0.4, -0.2) is 52.0 Å². The SMILES string of the molecule is COc1cc([N+](=O)[O-])ccc1S(=O)(=O)NCC(Cc1ccccc1)N(C)C. The number of benzene rings is 2. The van der Waals surface area contributed by atoms with Gasteiger partial charge in [0.1, 0.15) is 10.6 Å². The number of hydrogen-bond donors (Lipinski definition) is 1. The van der Waals surface area contributed by atoms with Gasteiger partial charge < -0.3 is 9.64 Å². The number of hydrogen-bond acceptors (Lipinski definition) is 6. The summed E-state index contributed by atoms with van der Waals surface area (Å²) < 4.78 is 33.0. The Hall–Kier alpha value is -2.49. The van der Waals surface area contributed by atoms with E-state index in [1.165, 1.54) is 13.2 Å². The molecule has 0 aliphatic rings. The molecule has 2 aromatic carbocycles. The average molecular weight is 393 g/mol. The molecule has 0 fully saturated rings. The molecule has 1 N–H and O–H groups in total. The van der Waals surface area contributed by atoms with Gasteiger partial charge in [0.05, 0.1) is 18.1 Å². The summed E-state index contributed by atoms with van der Waals surface area (Å²) in [5, 5.41) is 10.9. The van der Waals surface area contributed by atoms with Crippen LogP contribution in [0, 0.1) is 10.1 Å². The van der Waals surface area contributed by atoms with Gasteiger partial charge in [-0.2, -0.15) is 0 Å². The van der Waals surface area contributed by atoms with Crippen molar-refractivity contribution < 1.29 is 18.1 Å². The number of sulfonamides is 1. The smallest absolute Gasteiger partial charge is 0.273 e. The third kappa shape index (κ3) is 5.49. The van der Waals surface area contributed by atoms with Gasteiger partial charge in [0, 0.05) is 18.7 Å². The summed E-state index contributed by atoms with van der Waals surface area (Å²) in [5.74, 6) is -0.0684. The van der Waals surface area contributed by atoms with Crippen molar-refractivity contribution in [3.8, 4) is 5.75 Å². The van der Waals surface area contributed by atoms with E-state index in [1.807, 2.05) is 49.3 Å². The first-order chi connectivity index (χ1) is 12.7. The highest BCUT2D eigenvalue weighted by atomic mass is 32.2. The third-order valence-corrected chi connectivity index (χ3v) is 5.66. The Bertz CT molecular complexity index is 885. The van der Waals surface area contributed by atoms with E-state index in [2.05, 4.69) is 4.72 Å². The number of ether oxygens (including phenoxy) is 1. The van der Waals surface area contributed by atoms with Crippen LogP contribution >= 0.6 is 0 Å². The predicted molar refractivity (Wildman–Crippen MR) is 102 cm³/mol. The molecule has 0 spiro atoms. The molecule has 1 atom stereocenters. The first kappa shape index (κ1) is 20.8. The summed E-state index contributed by atoms with van der Waals surface area (Å²) in [6.45, 7) is 0.185. The standard InChI is InChI=1S/C18H23N3O5S/c1-20(2)16(11-14-7-5-4-6-8-14)13-19-27(24,25)18-10-9-15(21(22)23)12-17(18)26-3/h4-10,12,16,19H,11,13H2,1-3H3. The summed E-state index contributed by atoms with van der Waals surface area (Å²) in [6, 6.07) is 13.1. The van der Waals surface area contributed by atoms with Crippen LogP contribution in [0.5, 0.6) is 5.75 Å². The van der Waals surface area contributed by atoms with Crippen molar-refractivity contribution in [2.24, 2.45) is 0 Å². The zero-order chi connectivity index (χ0) is 20.0. The zero-order valence-corrected chi connectivity index (χ0v) is 16.3. The number of rotatable bonds is 9. The molecule has 2 rings (SSSR count). The molecule has 0 aliphatic heterocycles.